The Balaban J connectivity index is 2.05. The van der Waals surface area contributed by atoms with Crippen LogP contribution in [-0.4, -0.2) is 116 Å². The predicted octanol–water partition coefficient (Wildman–Crippen LogP) is 5.11. The first-order valence-electron chi connectivity index (χ1n) is 20.5. The summed E-state index contributed by atoms with van der Waals surface area (Å²) in [5.41, 5.74) is 5.61. The van der Waals surface area contributed by atoms with Gasteiger partial charge in [-0.25, -0.2) is 9.78 Å². The minimum absolute atomic E-state index is 0.0214. The minimum atomic E-state index is -1.16. The summed E-state index contributed by atoms with van der Waals surface area (Å²) < 4.78 is 38.1. The van der Waals surface area contributed by atoms with Gasteiger partial charge in [0.25, 0.3) is 5.89 Å². The first kappa shape index (κ1) is 52.8. The van der Waals surface area contributed by atoms with Gasteiger partial charge < -0.3 is 48.3 Å². The number of amides is 2. The Morgan fingerprint density at radius 3 is 2.15 bits per heavy atom. The van der Waals surface area contributed by atoms with Crippen LogP contribution in [0.25, 0.3) is 11.6 Å². The summed E-state index contributed by atoms with van der Waals surface area (Å²) in [6.45, 7) is 7.35. The summed E-state index contributed by atoms with van der Waals surface area (Å²) in [4.78, 5) is 83.0. The maximum atomic E-state index is 13.3. The molecule has 0 aliphatic rings. The molecule has 2 heterocycles. The lowest BCUT2D eigenvalue weighted by molar-refractivity contribution is -0.156. The summed E-state index contributed by atoms with van der Waals surface area (Å²) in [5, 5.41) is 10.8. The number of nitrogens with zero attached hydrogens (tertiary/aromatic N) is 3. The molecule has 0 aliphatic carbocycles. The van der Waals surface area contributed by atoms with Gasteiger partial charge in [-0.1, -0.05) is 45.9 Å². The van der Waals surface area contributed by atoms with Gasteiger partial charge in [0, 0.05) is 59.4 Å². The van der Waals surface area contributed by atoms with Gasteiger partial charge in [0.2, 0.25) is 12.3 Å². The van der Waals surface area contributed by atoms with Crippen LogP contribution in [0.4, 0.5) is 0 Å². The molecule has 0 bridgehead atoms. The van der Waals surface area contributed by atoms with E-state index in [9.17, 15) is 33.9 Å². The quantitative estimate of drug-likeness (QED) is 0.0567. The molecule has 0 aliphatic heterocycles. The molecule has 0 fully saturated rings. The number of allylic oxidation sites excluding steroid dienone is 2. The fourth-order valence-corrected chi connectivity index (χ4v) is 6.61. The Labute approximate surface area is 363 Å². The average molecular weight is 873 g/mol. The normalized spacial score (nSPS) is 16.3. The van der Waals surface area contributed by atoms with Gasteiger partial charge in [-0.3, -0.25) is 24.0 Å². The predicted molar refractivity (Wildman–Crippen MR) is 225 cm³/mol. The second-order valence-corrected chi connectivity index (χ2v) is 15.3. The number of primary amides is 1. The van der Waals surface area contributed by atoms with Crippen LogP contribution in [0.1, 0.15) is 102 Å². The number of ketones is 2. The fraction of sp³-hybridized carbons (Fsp3) is 0.591. The number of esters is 2. The maximum Gasteiger partial charge on any atom is 0.330 e. The van der Waals surface area contributed by atoms with E-state index in [2.05, 4.69) is 14.7 Å². The number of Topliss-reactive ketones (excluding diaryl/α,β-unsaturated/α-hetero) is 1. The number of hydrogen-bond acceptors (Lipinski definition) is 16. The van der Waals surface area contributed by atoms with E-state index in [1.54, 1.807) is 46.5 Å². The first-order valence-corrected chi connectivity index (χ1v) is 20.5. The van der Waals surface area contributed by atoms with Crippen molar-refractivity contribution in [1.82, 2.24) is 14.9 Å². The average Bonchev–Trinajstić information content (AvgIpc) is 3.95. The molecule has 0 aromatic carbocycles. The zero-order valence-electron chi connectivity index (χ0n) is 37.2. The Hall–Kier alpha value is -5.30. The van der Waals surface area contributed by atoms with Crippen LogP contribution in [0.3, 0.4) is 0 Å². The number of aliphatic hydroxyl groups is 1. The molecule has 0 saturated heterocycles. The van der Waals surface area contributed by atoms with Crippen molar-refractivity contribution in [3.8, 4) is 11.6 Å². The molecule has 0 saturated carbocycles. The van der Waals surface area contributed by atoms with Crippen molar-refractivity contribution in [3.05, 3.63) is 60.7 Å². The highest BCUT2D eigenvalue weighted by molar-refractivity contribution is 5.92. The Morgan fingerprint density at radius 2 is 1.53 bits per heavy atom. The van der Waals surface area contributed by atoms with Crippen LogP contribution in [-0.2, 0) is 47.7 Å². The number of oxazole rings is 2. The molecule has 0 spiro atoms. The zero-order valence-corrected chi connectivity index (χ0v) is 37.2. The van der Waals surface area contributed by atoms with Gasteiger partial charge in [0.05, 0.1) is 37.8 Å². The van der Waals surface area contributed by atoms with Crippen LogP contribution >= 0.6 is 0 Å². The monoisotopic (exact) mass is 872 g/mol. The number of carbonyl (C=O) groups excluding carboxylic acids is 6. The van der Waals surface area contributed by atoms with Crippen molar-refractivity contribution in [3.63, 3.8) is 0 Å². The van der Waals surface area contributed by atoms with E-state index >= 15 is 0 Å². The zero-order chi connectivity index (χ0) is 46.4. The molecule has 18 heteroatoms. The van der Waals surface area contributed by atoms with Gasteiger partial charge in [-0.2, -0.15) is 4.98 Å². The van der Waals surface area contributed by atoms with Gasteiger partial charge >= 0.3 is 17.8 Å². The highest BCUT2D eigenvalue weighted by Crippen LogP contribution is 2.30. The van der Waals surface area contributed by atoms with Crippen molar-refractivity contribution in [2.75, 3.05) is 35.5 Å². The van der Waals surface area contributed by atoms with E-state index in [0.29, 0.717) is 44.2 Å². The van der Waals surface area contributed by atoms with Crippen molar-refractivity contribution in [2.45, 2.75) is 110 Å². The number of carbonyl (C=O) groups is 6. The van der Waals surface area contributed by atoms with Crippen LogP contribution in [0.15, 0.2) is 57.9 Å². The Morgan fingerprint density at radius 1 is 0.839 bits per heavy atom. The second kappa shape index (κ2) is 27.6. The van der Waals surface area contributed by atoms with Crippen LogP contribution in [0.2, 0.25) is 0 Å². The number of methoxy groups -OCH3 is 4. The number of nitrogens with two attached hydrogens (primary N) is 1. The van der Waals surface area contributed by atoms with Crippen molar-refractivity contribution in [2.24, 2.45) is 29.4 Å². The summed E-state index contributed by atoms with van der Waals surface area (Å²) in [6, 6.07) is 0. The molecule has 9 unspecified atom stereocenters. The number of aromatic nitrogens is 2. The second-order valence-electron chi connectivity index (χ2n) is 15.3. The number of rotatable bonds is 31. The van der Waals surface area contributed by atoms with Gasteiger partial charge in [0.1, 0.15) is 36.2 Å². The largest absolute Gasteiger partial charge is 0.466 e. The molecule has 2 rings (SSSR count). The van der Waals surface area contributed by atoms with E-state index in [-0.39, 0.29) is 72.3 Å². The van der Waals surface area contributed by atoms with E-state index in [4.69, 9.17) is 33.5 Å². The standard InChI is InChI=1S/C44H64N4O14/c1-27(14-10-11-18-39(53)58-8)38(23-37(57-7)28(2)19-20-35(52)29(3)36(56-6)17-13-21-48(5)26-49)62-40(54)22-31(50)15-12-16-34(51)30(4)41(59-9)32-24-60-43(46-32)33-25-61-44(47-33)42(45)55/h11-13,16,18,21,24-31,36-38,41,50H,10,14-15,17,19-20,22-23H2,1-9H3,(H2,45,55). The molecular formula is C44H64N4O14. The first-order chi connectivity index (χ1) is 29.5. The molecule has 62 heavy (non-hydrogen) atoms. The lowest BCUT2D eigenvalue weighted by Gasteiger charge is -2.31. The third-order valence-corrected chi connectivity index (χ3v) is 10.6. The Kier molecular flexibility index (Phi) is 23.5. The lowest BCUT2D eigenvalue weighted by Crippen LogP contribution is -2.34. The van der Waals surface area contributed by atoms with E-state index in [0.717, 1.165) is 6.26 Å². The number of aliphatic hydroxyl groups excluding tert-OH is 1. The molecular weight excluding hydrogens is 808 g/mol. The van der Waals surface area contributed by atoms with Gasteiger partial charge in [0.15, 0.2) is 11.5 Å². The Bertz CT molecular complexity index is 1820. The topological polar surface area (TPSA) is 250 Å². The highest BCUT2D eigenvalue weighted by atomic mass is 16.5. The van der Waals surface area contributed by atoms with E-state index < -0.39 is 48.0 Å². The van der Waals surface area contributed by atoms with Gasteiger partial charge in [-0.15, -0.1) is 0 Å². The molecule has 9 atom stereocenters. The number of ether oxygens (including phenoxy) is 5. The fourth-order valence-electron chi connectivity index (χ4n) is 6.61. The van der Waals surface area contributed by atoms with Crippen LogP contribution in [0.5, 0.6) is 0 Å². The third-order valence-electron chi connectivity index (χ3n) is 10.6. The molecule has 344 valence electrons. The van der Waals surface area contributed by atoms with Crippen molar-refractivity contribution < 1.29 is 66.4 Å². The number of hydrogen-bond donors (Lipinski definition) is 2. The molecule has 18 nitrogen and oxygen atoms in total. The van der Waals surface area contributed by atoms with Crippen molar-refractivity contribution in [1.29, 1.82) is 0 Å². The van der Waals surface area contributed by atoms with Crippen LogP contribution < -0.4 is 5.73 Å². The minimum Gasteiger partial charge on any atom is -0.466 e. The molecule has 2 amide bonds. The summed E-state index contributed by atoms with van der Waals surface area (Å²) in [6.07, 6.45) is 11.2. The van der Waals surface area contributed by atoms with Gasteiger partial charge in [-0.05, 0) is 50.0 Å². The summed E-state index contributed by atoms with van der Waals surface area (Å²) in [7, 11) is 7.43. The maximum absolute atomic E-state index is 13.3. The molecule has 2 aromatic rings. The highest BCUT2D eigenvalue weighted by Gasteiger charge is 2.31. The summed E-state index contributed by atoms with van der Waals surface area (Å²) in [5.74, 6) is -3.99. The van der Waals surface area contributed by atoms with Crippen LogP contribution in [0, 0.1) is 23.7 Å². The lowest BCUT2D eigenvalue weighted by atomic mass is 9.86. The molecule has 0 radical (unpaired) electrons. The van der Waals surface area contributed by atoms with E-state index in [1.165, 1.54) is 43.6 Å². The smallest absolute Gasteiger partial charge is 0.330 e. The van der Waals surface area contributed by atoms with E-state index in [1.807, 2.05) is 20.8 Å². The molecule has 3 N–H and O–H groups in total. The third kappa shape index (κ3) is 17.6. The molecule has 2 aromatic heterocycles. The van der Waals surface area contributed by atoms with Crippen molar-refractivity contribution >= 4 is 35.8 Å². The summed E-state index contributed by atoms with van der Waals surface area (Å²) >= 11 is 0. The SMILES string of the molecule is COC(=O)C=CCCC(C)C(CC(OC)C(C)CCC(=O)C(C)C(CC=CN(C)C=O)OC)OC(=O)CC(O)CC=CC(=O)C(C)C(OC)c1coc(-c2coc(C(N)=O)n2)n1.